The van der Waals surface area contributed by atoms with Crippen molar-refractivity contribution in [2.24, 2.45) is 0 Å². The highest BCUT2D eigenvalue weighted by atomic mass is 35.5. The molecule has 3 nitrogen and oxygen atoms in total. The van der Waals surface area contributed by atoms with Crippen molar-refractivity contribution in [3.05, 3.63) is 23.2 Å². The summed E-state index contributed by atoms with van der Waals surface area (Å²) in [7, 11) is -3.66. The lowest BCUT2D eigenvalue weighted by molar-refractivity contribution is -0.0516. The maximum Gasteiger partial charge on any atom is 0.387 e. The van der Waals surface area contributed by atoms with E-state index in [2.05, 4.69) is 10.8 Å². The highest BCUT2D eigenvalue weighted by Gasteiger charge is 2.20. The molecular weight excluding hydrogens is 250 g/mol. The van der Waals surface area contributed by atoms with Crippen LogP contribution in [0.2, 0.25) is 5.02 Å². The van der Waals surface area contributed by atoms with Gasteiger partial charge >= 0.3 is 6.61 Å². The Morgan fingerprint density at radius 3 is 2.60 bits per heavy atom. The van der Waals surface area contributed by atoms with Gasteiger partial charge in [0, 0.05) is 12.3 Å². The lowest BCUT2D eigenvalue weighted by atomic mass is 10.3. The molecule has 1 radical (unpaired) electrons. The van der Waals surface area contributed by atoms with Crippen LogP contribution in [0.5, 0.6) is 5.75 Å². The predicted octanol–water partition coefficient (Wildman–Crippen LogP) is 2.15. The van der Waals surface area contributed by atoms with Crippen LogP contribution in [0.4, 0.5) is 8.78 Å². The number of halogens is 3. The largest absolute Gasteiger partial charge is 0.432 e. The van der Waals surface area contributed by atoms with Gasteiger partial charge in [0.2, 0.25) is 0 Å². The summed E-state index contributed by atoms with van der Waals surface area (Å²) in [6, 6.07) is 4.68. The first-order chi connectivity index (χ1) is 6.82. The molecule has 0 unspecified atom stereocenters. The fourth-order valence-electron chi connectivity index (χ4n) is 0.931. The second kappa shape index (κ2) is 4.32. The van der Waals surface area contributed by atoms with Crippen LogP contribution in [-0.2, 0) is 9.84 Å². The minimum Gasteiger partial charge on any atom is -0.432 e. The smallest absolute Gasteiger partial charge is 0.387 e. The molecule has 0 amide bonds. The highest BCUT2D eigenvalue weighted by Crippen LogP contribution is 2.32. The molecule has 0 saturated heterocycles. The third-order valence-corrected chi connectivity index (χ3v) is 2.88. The number of hydrogen-bond acceptors (Lipinski definition) is 3. The molecule has 0 bridgehead atoms. The van der Waals surface area contributed by atoms with Gasteiger partial charge in [-0.2, -0.15) is 8.78 Å². The van der Waals surface area contributed by atoms with E-state index in [9.17, 15) is 17.2 Å². The zero-order chi connectivity index (χ0) is 11.6. The molecular formula is C8H6ClF2O3S. The zero-order valence-electron chi connectivity index (χ0n) is 7.50. The van der Waals surface area contributed by atoms with Crippen LogP contribution >= 0.6 is 11.6 Å². The van der Waals surface area contributed by atoms with Crippen molar-refractivity contribution >= 4 is 21.4 Å². The number of sulfone groups is 1. The van der Waals surface area contributed by atoms with Crippen molar-refractivity contribution in [2.45, 2.75) is 11.5 Å². The fraction of sp³-hybridized carbons (Fsp3) is 0.250. The molecule has 0 spiro atoms. The topological polar surface area (TPSA) is 43.4 Å². The van der Waals surface area contributed by atoms with Crippen molar-refractivity contribution in [3.8, 4) is 5.75 Å². The minimum absolute atomic E-state index is 0.293. The van der Waals surface area contributed by atoms with E-state index in [0.717, 1.165) is 12.3 Å². The molecule has 0 saturated carbocycles. The summed E-state index contributed by atoms with van der Waals surface area (Å²) < 4.78 is 50.4. The molecule has 15 heavy (non-hydrogen) atoms. The average Bonchev–Trinajstić information content (AvgIpc) is 2.05. The van der Waals surface area contributed by atoms with Crippen molar-refractivity contribution in [1.29, 1.82) is 0 Å². The maximum atomic E-state index is 12.0. The highest BCUT2D eigenvalue weighted by molar-refractivity contribution is 7.90. The van der Waals surface area contributed by atoms with E-state index in [1.165, 1.54) is 6.07 Å². The van der Waals surface area contributed by atoms with Gasteiger partial charge < -0.3 is 4.74 Å². The molecule has 0 fully saturated rings. The maximum absolute atomic E-state index is 12.0. The third kappa shape index (κ3) is 3.04. The number of rotatable bonds is 3. The van der Waals surface area contributed by atoms with Gasteiger partial charge in [-0.3, -0.25) is 0 Å². The lowest BCUT2D eigenvalue weighted by Gasteiger charge is -2.10. The molecule has 83 valence electrons. The van der Waals surface area contributed by atoms with E-state index >= 15 is 0 Å². The average molecular weight is 256 g/mol. The van der Waals surface area contributed by atoms with E-state index < -0.39 is 22.2 Å². The van der Waals surface area contributed by atoms with Gasteiger partial charge in [0.05, 0.1) is 5.02 Å². The van der Waals surface area contributed by atoms with Crippen molar-refractivity contribution in [1.82, 2.24) is 0 Å². The van der Waals surface area contributed by atoms with Crippen LogP contribution in [0, 0.1) is 6.07 Å². The van der Waals surface area contributed by atoms with Gasteiger partial charge in [-0.15, -0.1) is 0 Å². The molecule has 0 aromatic heterocycles. The molecule has 0 aliphatic carbocycles. The first kappa shape index (κ1) is 12.2. The van der Waals surface area contributed by atoms with Gasteiger partial charge in [-0.1, -0.05) is 17.7 Å². The number of benzene rings is 1. The monoisotopic (exact) mass is 255 g/mol. The second-order valence-corrected chi connectivity index (χ2v) is 5.00. The van der Waals surface area contributed by atoms with Gasteiger partial charge in [0.25, 0.3) is 0 Å². The molecule has 7 heteroatoms. The number of alkyl halides is 2. The third-order valence-electron chi connectivity index (χ3n) is 1.47. The van der Waals surface area contributed by atoms with E-state index in [0.29, 0.717) is 0 Å². The van der Waals surface area contributed by atoms with Gasteiger partial charge in [0.15, 0.2) is 15.6 Å². The molecule has 0 aliphatic rings. The predicted molar refractivity (Wildman–Crippen MR) is 50.0 cm³/mol. The van der Waals surface area contributed by atoms with Crippen LogP contribution in [0.25, 0.3) is 0 Å². The molecule has 0 atom stereocenters. The quantitative estimate of drug-likeness (QED) is 0.831. The standard InChI is InChI=1S/C8H6ClF2O3S/c1-15(12,13)6-4-2-3-5(9)7(6)14-8(10)11/h2,4,8H,1H3. The van der Waals surface area contributed by atoms with E-state index in [4.69, 9.17) is 11.6 Å². The van der Waals surface area contributed by atoms with Crippen LogP contribution < -0.4 is 4.74 Å². The molecule has 1 aromatic carbocycles. The summed E-state index contributed by atoms with van der Waals surface area (Å²) in [5.74, 6) is -0.573. The molecule has 1 aromatic rings. The normalized spacial score (nSPS) is 11.8. The molecule has 0 aliphatic heterocycles. The Balaban J connectivity index is 3.33. The van der Waals surface area contributed by atoms with Gasteiger partial charge in [0.1, 0.15) is 4.90 Å². The summed E-state index contributed by atoms with van der Waals surface area (Å²) in [6.45, 7) is -3.14. The Morgan fingerprint density at radius 1 is 1.53 bits per heavy atom. The summed E-state index contributed by atoms with van der Waals surface area (Å²) >= 11 is 5.50. The SMILES string of the molecule is CS(=O)(=O)c1cc[c]c(Cl)c1OC(F)F. The number of ether oxygens (including phenoxy) is 1. The van der Waals surface area contributed by atoms with Crippen LogP contribution in [0.3, 0.4) is 0 Å². The minimum atomic E-state index is -3.66. The summed E-state index contributed by atoms with van der Waals surface area (Å²) in [5.41, 5.74) is 0. The van der Waals surface area contributed by atoms with Crippen LogP contribution in [0.1, 0.15) is 0 Å². The second-order valence-electron chi connectivity index (χ2n) is 2.64. The summed E-state index contributed by atoms with van der Waals surface area (Å²) in [4.78, 5) is -0.383. The Bertz CT molecular complexity index is 459. The molecule has 1 rings (SSSR count). The Morgan fingerprint density at radius 2 is 2.13 bits per heavy atom. The Kier molecular flexibility index (Phi) is 3.51. The van der Waals surface area contributed by atoms with E-state index in [1.54, 1.807) is 0 Å². The van der Waals surface area contributed by atoms with Crippen molar-refractivity contribution in [3.63, 3.8) is 0 Å². The lowest BCUT2D eigenvalue weighted by Crippen LogP contribution is -2.07. The molecule has 0 heterocycles. The van der Waals surface area contributed by atoms with Crippen LogP contribution in [0.15, 0.2) is 17.0 Å². The summed E-state index contributed by atoms with van der Waals surface area (Å²) in [6.07, 6.45) is 0.872. The molecule has 0 N–H and O–H groups in total. The fourth-order valence-corrected chi connectivity index (χ4v) is 2.00. The van der Waals surface area contributed by atoms with Gasteiger partial charge in [-0.25, -0.2) is 8.42 Å². The van der Waals surface area contributed by atoms with Gasteiger partial charge in [-0.05, 0) is 6.07 Å². The van der Waals surface area contributed by atoms with Crippen molar-refractivity contribution < 1.29 is 21.9 Å². The number of hydrogen-bond donors (Lipinski definition) is 0. The van der Waals surface area contributed by atoms with Crippen LogP contribution in [-0.4, -0.2) is 21.3 Å². The Hall–Kier alpha value is -0.880. The first-order valence-electron chi connectivity index (χ1n) is 3.67. The summed E-state index contributed by atoms with van der Waals surface area (Å²) in [5, 5.41) is -0.293. The Labute approximate surface area is 90.5 Å². The first-order valence-corrected chi connectivity index (χ1v) is 5.94. The van der Waals surface area contributed by atoms with Crippen molar-refractivity contribution in [2.75, 3.05) is 6.26 Å². The zero-order valence-corrected chi connectivity index (χ0v) is 9.07. The van der Waals surface area contributed by atoms with E-state index in [-0.39, 0.29) is 9.92 Å². The van der Waals surface area contributed by atoms with E-state index in [1.807, 2.05) is 0 Å².